The minimum atomic E-state index is -0.386. The molecule has 0 aliphatic carbocycles. The smallest absolute Gasteiger partial charge is 0.269 e. The number of nitro benzene ring substituents is 1. The number of benzene rings is 1. The van der Waals surface area contributed by atoms with Crippen molar-refractivity contribution in [2.75, 3.05) is 13.2 Å². The van der Waals surface area contributed by atoms with Gasteiger partial charge in [-0.2, -0.15) is 0 Å². The number of hydrogen-bond acceptors (Lipinski definition) is 4. The Morgan fingerprint density at radius 2 is 2.18 bits per heavy atom. The first-order valence-corrected chi connectivity index (χ1v) is 5.65. The van der Waals surface area contributed by atoms with Crippen molar-refractivity contribution in [1.29, 1.82) is 0 Å². The number of nitrogens with one attached hydrogen (secondary N) is 1. The zero-order valence-electron chi connectivity index (χ0n) is 9.81. The van der Waals surface area contributed by atoms with E-state index in [-0.39, 0.29) is 16.1 Å². The van der Waals surface area contributed by atoms with Crippen LogP contribution in [0.3, 0.4) is 0 Å². The Balaban J connectivity index is 1.93. The summed E-state index contributed by atoms with van der Waals surface area (Å²) < 4.78 is 5.35. The zero-order valence-corrected chi connectivity index (χ0v) is 9.81. The molecule has 2 rings (SSSR count). The first-order valence-electron chi connectivity index (χ1n) is 5.65. The van der Waals surface area contributed by atoms with E-state index in [0.29, 0.717) is 6.54 Å². The lowest BCUT2D eigenvalue weighted by Gasteiger charge is -2.23. The molecule has 1 aliphatic rings. The van der Waals surface area contributed by atoms with Crippen molar-refractivity contribution < 1.29 is 9.66 Å². The predicted octanol–water partition coefficient (Wildman–Crippen LogP) is 1.86. The van der Waals surface area contributed by atoms with Crippen LogP contribution in [0.15, 0.2) is 24.3 Å². The van der Waals surface area contributed by atoms with Gasteiger partial charge in [0.1, 0.15) is 0 Å². The lowest BCUT2D eigenvalue weighted by Crippen LogP contribution is -2.42. The van der Waals surface area contributed by atoms with Crippen LogP contribution in [0.2, 0.25) is 0 Å². The summed E-state index contributed by atoms with van der Waals surface area (Å²) in [4.78, 5) is 10.1. The van der Waals surface area contributed by atoms with Crippen LogP contribution in [0.4, 0.5) is 5.69 Å². The molecule has 0 aromatic heterocycles. The molecule has 0 spiro atoms. The molecular formula is C12H16N2O3. The minimum Gasteiger partial charge on any atom is -0.379 e. The maximum Gasteiger partial charge on any atom is 0.269 e. The van der Waals surface area contributed by atoms with Crippen LogP contribution in [0.25, 0.3) is 0 Å². The first kappa shape index (κ1) is 12.0. The summed E-state index contributed by atoms with van der Waals surface area (Å²) in [6, 6.07) is 6.63. The second kappa shape index (κ2) is 4.81. The van der Waals surface area contributed by atoms with Gasteiger partial charge in [0, 0.05) is 30.8 Å². The van der Waals surface area contributed by atoms with Crippen molar-refractivity contribution in [1.82, 2.24) is 5.32 Å². The molecule has 1 aromatic rings. The maximum atomic E-state index is 10.5. The molecule has 1 unspecified atom stereocenters. The Hall–Kier alpha value is -1.46. The van der Waals surface area contributed by atoms with Crippen molar-refractivity contribution >= 4 is 5.69 Å². The summed E-state index contributed by atoms with van der Waals surface area (Å²) in [5.74, 6) is 0. The van der Waals surface area contributed by atoms with Crippen molar-refractivity contribution in [2.45, 2.75) is 25.4 Å². The van der Waals surface area contributed by atoms with Crippen LogP contribution in [-0.2, 0) is 11.3 Å². The molecule has 5 heteroatoms. The van der Waals surface area contributed by atoms with Crippen LogP contribution in [0.5, 0.6) is 0 Å². The highest BCUT2D eigenvalue weighted by Crippen LogP contribution is 2.19. The largest absolute Gasteiger partial charge is 0.379 e. The summed E-state index contributed by atoms with van der Waals surface area (Å²) in [5, 5.41) is 13.9. The van der Waals surface area contributed by atoms with Crippen LogP contribution >= 0.6 is 0 Å². The molecule has 17 heavy (non-hydrogen) atoms. The van der Waals surface area contributed by atoms with Crippen molar-refractivity contribution in [2.24, 2.45) is 0 Å². The molecule has 92 valence electrons. The van der Waals surface area contributed by atoms with E-state index in [1.165, 1.54) is 12.1 Å². The Labute approximate surface area is 99.9 Å². The molecule has 1 saturated heterocycles. The van der Waals surface area contributed by atoms with Gasteiger partial charge < -0.3 is 10.1 Å². The second-order valence-corrected chi connectivity index (χ2v) is 4.64. The predicted molar refractivity (Wildman–Crippen MR) is 63.8 cm³/mol. The van der Waals surface area contributed by atoms with Crippen LogP contribution < -0.4 is 5.32 Å². The Morgan fingerprint density at radius 1 is 1.47 bits per heavy atom. The van der Waals surface area contributed by atoms with E-state index in [1.54, 1.807) is 12.1 Å². The Morgan fingerprint density at radius 3 is 2.71 bits per heavy atom. The third-order valence-electron chi connectivity index (χ3n) is 3.09. The topological polar surface area (TPSA) is 64.4 Å². The van der Waals surface area contributed by atoms with Gasteiger partial charge in [0.25, 0.3) is 5.69 Å². The molecule has 0 amide bonds. The van der Waals surface area contributed by atoms with Crippen LogP contribution in [0, 0.1) is 10.1 Å². The lowest BCUT2D eigenvalue weighted by molar-refractivity contribution is -0.384. The molecule has 1 aliphatic heterocycles. The third-order valence-corrected chi connectivity index (χ3v) is 3.09. The zero-order chi connectivity index (χ0) is 12.3. The first-order chi connectivity index (χ1) is 8.09. The van der Waals surface area contributed by atoms with Crippen LogP contribution in [-0.4, -0.2) is 23.7 Å². The maximum absolute atomic E-state index is 10.5. The van der Waals surface area contributed by atoms with E-state index in [0.717, 1.165) is 25.2 Å². The monoisotopic (exact) mass is 236 g/mol. The second-order valence-electron chi connectivity index (χ2n) is 4.64. The van der Waals surface area contributed by atoms with E-state index in [2.05, 4.69) is 12.2 Å². The fourth-order valence-corrected chi connectivity index (χ4v) is 1.86. The van der Waals surface area contributed by atoms with E-state index >= 15 is 0 Å². The van der Waals surface area contributed by atoms with E-state index in [4.69, 9.17) is 4.74 Å². The molecule has 1 atom stereocenters. The van der Waals surface area contributed by atoms with Crippen molar-refractivity contribution in [3.05, 3.63) is 39.9 Å². The van der Waals surface area contributed by atoms with Gasteiger partial charge in [-0.15, -0.1) is 0 Å². The standard InChI is InChI=1S/C12H16N2O3/c1-12(6-7-17-9-12)13-8-10-2-4-11(5-3-10)14(15)16/h2-5,13H,6-9H2,1H3. The molecule has 0 radical (unpaired) electrons. The van der Waals surface area contributed by atoms with Gasteiger partial charge in [-0.3, -0.25) is 10.1 Å². The number of ether oxygens (including phenoxy) is 1. The van der Waals surface area contributed by atoms with Crippen LogP contribution in [0.1, 0.15) is 18.9 Å². The van der Waals surface area contributed by atoms with Gasteiger partial charge in [-0.25, -0.2) is 0 Å². The molecule has 0 bridgehead atoms. The van der Waals surface area contributed by atoms with Crippen molar-refractivity contribution in [3.63, 3.8) is 0 Å². The third kappa shape index (κ3) is 3.01. The Kier molecular flexibility index (Phi) is 3.40. The van der Waals surface area contributed by atoms with Gasteiger partial charge >= 0.3 is 0 Å². The average molecular weight is 236 g/mol. The van der Waals surface area contributed by atoms with Crippen molar-refractivity contribution in [3.8, 4) is 0 Å². The summed E-state index contributed by atoms with van der Waals surface area (Å²) >= 11 is 0. The number of rotatable bonds is 4. The molecule has 1 fully saturated rings. The van der Waals surface area contributed by atoms with Gasteiger partial charge in [0.15, 0.2) is 0 Å². The average Bonchev–Trinajstić information content (AvgIpc) is 2.75. The molecule has 1 aromatic carbocycles. The van der Waals surface area contributed by atoms with Gasteiger partial charge in [-0.05, 0) is 18.9 Å². The van der Waals surface area contributed by atoms with Gasteiger partial charge in [0.05, 0.1) is 11.5 Å². The molecule has 1 N–H and O–H groups in total. The molecular weight excluding hydrogens is 220 g/mol. The van der Waals surface area contributed by atoms with Gasteiger partial charge in [0.2, 0.25) is 0 Å². The fourth-order valence-electron chi connectivity index (χ4n) is 1.86. The van der Waals surface area contributed by atoms with E-state index < -0.39 is 0 Å². The highest BCUT2D eigenvalue weighted by atomic mass is 16.6. The summed E-state index contributed by atoms with van der Waals surface area (Å²) in [6.45, 7) is 4.35. The molecule has 1 heterocycles. The van der Waals surface area contributed by atoms with E-state index in [9.17, 15) is 10.1 Å². The summed E-state index contributed by atoms with van der Waals surface area (Å²) in [7, 11) is 0. The quantitative estimate of drug-likeness (QED) is 0.640. The number of hydrogen-bond donors (Lipinski definition) is 1. The lowest BCUT2D eigenvalue weighted by atomic mass is 10.0. The number of non-ortho nitro benzene ring substituents is 1. The number of nitro groups is 1. The minimum absolute atomic E-state index is 0.0295. The summed E-state index contributed by atoms with van der Waals surface area (Å²) in [6.07, 6.45) is 1.000. The normalized spacial score (nSPS) is 23.8. The molecule has 0 saturated carbocycles. The molecule has 5 nitrogen and oxygen atoms in total. The Bertz CT molecular complexity index is 397. The SMILES string of the molecule is CC1(NCc2ccc([N+](=O)[O-])cc2)CCOC1. The van der Waals surface area contributed by atoms with E-state index in [1.807, 2.05) is 0 Å². The highest BCUT2D eigenvalue weighted by molar-refractivity contribution is 5.32. The highest BCUT2D eigenvalue weighted by Gasteiger charge is 2.28. The number of nitrogens with zero attached hydrogens (tertiary/aromatic N) is 1. The summed E-state index contributed by atoms with van der Waals surface area (Å²) in [5.41, 5.74) is 1.20. The van der Waals surface area contributed by atoms with Gasteiger partial charge in [-0.1, -0.05) is 12.1 Å². The fraction of sp³-hybridized carbons (Fsp3) is 0.500.